The largest absolute Gasteiger partial charge is 0.465 e. The summed E-state index contributed by atoms with van der Waals surface area (Å²) in [6.07, 6.45) is 10.9. The number of aliphatic hydroxyl groups is 1. The molecule has 4 heteroatoms. The second kappa shape index (κ2) is 8.42. The molecule has 0 bridgehead atoms. The maximum absolute atomic E-state index is 13.3. The van der Waals surface area contributed by atoms with Gasteiger partial charge in [-0.25, -0.2) is 0 Å². The Hall–Kier alpha value is -1.16. The number of ketones is 1. The highest BCUT2D eigenvalue weighted by molar-refractivity contribution is 5.86. The normalized spacial score (nSPS) is 52.0. The number of hydrogen-bond acceptors (Lipinski definition) is 4. The van der Waals surface area contributed by atoms with Gasteiger partial charge < -0.3 is 9.84 Å². The SMILES string of the molecule is C=C(C)[C@@H]1CC[C@]2(CO)CC[C@]3(C)[C@H](CC[C@@H]4[C@@]5(C)CCC(=O)[C@](C)(COC(C)=O)[C@@H]5CC[C@]43C)[C@@H]12. The number of aliphatic hydroxyl groups excluding tert-OH is 1. The van der Waals surface area contributed by atoms with Gasteiger partial charge in [-0.15, -0.1) is 0 Å². The van der Waals surface area contributed by atoms with E-state index < -0.39 is 5.41 Å². The van der Waals surface area contributed by atoms with Crippen LogP contribution in [-0.2, 0) is 14.3 Å². The number of carbonyl (C=O) groups is 2. The molecule has 0 aromatic rings. The van der Waals surface area contributed by atoms with Crippen LogP contribution in [0.5, 0.6) is 0 Å². The van der Waals surface area contributed by atoms with Crippen LogP contribution in [0.4, 0.5) is 0 Å². The van der Waals surface area contributed by atoms with Gasteiger partial charge in [0.2, 0.25) is 0 Å². The van der Waals surface area contributed by atoms with Crippen molar-refractivity contribution in [1.82, 2.24) is 0 Å². The third-order valence-corrected chi connectivity index (χ3v) is 13.7. The summed E-state index contributed by atoms with van der Waals surface area (Å²) >= 11 is 0. The Morgan fingerprint density at radius 2 is 1.67 bits per heavy atom. The van der Waals surface area contributed by atoms with Crippen LogP contribution in [0.2, 0.25) is 0 Å². The van der Waals surface area contributed by atoms with Crippen LogP contribution in [0, 0.1) is 56.7 Å². The van der Waals surface area contributed by atoms with Crippen molar-refractivity contribution in [2.24, 2.45) is 56.7 Å². The van der Waals surface area contributed by atoms with E-state index in [1.54, 1.807) is 0 Å². The second-order valence-electron chi connectivity index (χ2n) is 14.8. The summed E-state index contributed by atoms with van der Waals surface area (Å²) in [7, 11) is 0. The molecule has 5 fully saturated rings. The van der Waals surface area contributed by atoms with Crippen molar-refractivity contribution in [2.45, 2.75) is 106 Å². The van der Waals surface area contributed by atoms with E-state index in [1.165, 1.54) is 38.2 Å². The van der Waals surface area contributed by atoms with Gasteiger partial charge in [-0.2, -0.15) is 0 Å². The monoisotopic (exact) mass is 498 g/mol. The molecular formula is C32H50O4. The van der Waals surface area contributed by atoms with Gasteiger partial charge in [0.05, 0.1) is 5.41 Å². The second-order valence-corrected chi connectivity index (χ2v) is 14.8. The molecule has 1 N–H and O–H groups in total. The number of carbonyl (C=O) groups excluding carboxylic acids is 2. The molecule has 0 aromatic heterocycles. The van der Waals surface area contributed by atoms with Crippen LogP contribution in [0.3, 0.4) is 0 Å². The van der Waals surface area contributed by atoms with Crippen molar-refractivity contribution in [3.63, 3.8) is 0 Å². The lowest BCUT2D eigenvalue weighted by molar-refractivity contribution is -0.240. The van der Waals surface area contributed by atoms with Gasteiger partial charge in [-0.3, -0.25) is 9.59 Å². The first-order valence-corrected chi connectivity index (χ1v) is 14.7. The Balaban J connectivity index is 1.52. The fourth-order valence-electron chi connectivity index (χ4n) is 11.6. The highest BCUT2D eigenvalue weighted by Gasteiger charge is 2.71. The minimum Gasteiger partial charge on any atom is -0.465 e. The fourth-order valence-corrected chi connectivity index (χ4v) is 11.6. The number of ether oxygens (including phenoxy) is 1. The Morgan fingerprint density at radius 3 is 2.31 bits per heavy atom. The van der Waals surface area contributed by atoms with Gasteiger partial charge in [-0.05, 0) is 123 Å². The third kappa shape index (κ3) is 3.27. The molecule has 0 amide bonds. The Kier molecular flexibility index (Phi) is 6.18. The van der Waals surface area contributed by atoms with Crippen LogP contribution >= 0.6 is 0 Å². The number of rotatable bonds is 4. The topological polar surface area (TPSA) is 63.6 Å². The van der Waals surface area contributed by atoms with Crippen molar-refractivity contribution in [2.75, 3.05) is 13.2 Å². The van der Waals surface area contributed by atoms with Crippen molar-refractivity contribution < 1.29 is 19.4 Å². The quantitative estimate of drug-likeness (QED) is 0.344. The van der Waals surface area contributed by atoms with Gasteiger partial charge in [0.15, 0.2) is 0 Å². The summed E-state index contributed by atoms with van der Waals surface area (Å²) in [4.78, 5) is 25.0. The molecule has 0 heterocycles. The molecule has 0 aliphatic heterocycles. The highest BCUT2D eigenvalue weighted by atomic mass is 16.5. The Labute approximate surface area is 219 Å². The average Bonchev–Trinajstić information content (AvgIpc) is 3.21. The van der Waals surface area contributed by atoms with Crippen LogP contribution < -0.4 is 0 Å². The lowest BCUT2D eigenvalue weighted by atomic mass is 9.32. The van der Waals surface area contributed by atoms with Crippen LogP contribution in [0.25, 0.3) is 0 Å². The standard InChI is InChI=1S/C32H50O4/c1-20(2)22-10-15-32(18-33)17-16-30(6)23(27(22)32)8-9-25-28(4)13-12-26(35)29(5,19-36-21(3)34)24(28)11-14-31(25,30)7/h22-25,27,33H,1,8-19H2,2-7H3/t22-,23+,24+,25+,27+,28-,29+,30+,31+,32+/m0/s1. The van der Waals surface area contributed by atoms with Crippen molar-refractivity contribution in [3.05, 3.63) is 12.2 Å². The molecule has 0 unspecified atom stereocenters. The Bertz CT molecular complexity index is 956. The summed E-state index contributed by atoms with van der Waals surface area (Å²) < 4.78 is 5.53. The van der Waals surface area contributed by atoms with E-state index in [0.29, 0.717) is 36.7 Å². The third-order valence-electron chi connectivity index (χ3n) is 13.7. The van der Waals surface area contributed by atoms with E-state index in [9.17, 15) is 14.7 Å². The summed E-state index contributed by atoms with van der Waals surface area (Å²) in [6.45, 7) is 18.4. The molecule has 0 radical (unpaired) electrons. The van der Waals surface area contributed by atoms with Crippen LogP contribution in [0.1, 0.15) is 106 Å². The summed E-state index contributed by atoms with van der Waals surface area (Å²) in [5.41, 5.74) is 1.35. The maximum atomic E-state index is 13.3. The summed E-state index contributed by atoms with van der Waals surface area (Å²) in [5.74, 6) is 2.54. The first kappa shape index (κ1) is 26.4. The molecular weight excluding hydrogens is 448 g/mol. The molecule has 0 saturated heterocycles. The van der Waals surface area contributed by atoms with Gasteiger partial charge in [0, 0.05) is 20.0 Å². The van der Waals surface area contributed by atoms with E-state index in [-0.39, 0.29) is 45.9 Å². The summed E-state index contributed by atoms with van der Waals surface area (Å²) in [6, 6.07) is 0. The lowest BCUT2D eigenvalue weighted by Crippen LogP contribution is -2.67. The molecule has 5 aliphatic rings. The molecule has 5 aliphatic carbocycles. The smallest absolute Gasteiger partial charge is 0.302 e. The highest BCUT2D eigenvalue weighted by Crippen LogP contribution is 2.77. The van der Waals surface area contributed by atoms with Crippen molar-refractivity contribution in [3.8, 4) is 0 Å². The molecule has 0 spiro atoms. The number of Topliss-reactive ketones (excluding diaryl/α,β-unsaturated/α-hetero) is 1. The molecule has 5 saturated carbocycles. The molecule has 10 atom stereocenters. The zero-order chi connectivity index (χ0) is 26.3. The fraction of sp³-hybridized carbons (Fsp3) is 0.875. The number of fused-ring (bicyclic) bond motifs is 7. The first-order chi connectivity index (χ1) is 16.8. The van der Waals surface area contributed by atoms with Crippen LogP contribution in [0.15, 0.2) is 12.2 Å². The zero-order valence-electron chi connectivity index (χ0n) is 23.8. The maximum Gasteiger partial charge on any atom is 0.302 e. The number of allylic oxidation sites excluding steroid dienone is 1. The number of hydrogen-bond donors (Lipinski definition) is 1. The minimum atomic E-state index is -0.577. The molecule has 4 nitrogen and oxygen atoms in total. The van der Waals surface area contributed by atoms with Gasteiger partial charge in [-0.1, -0.05) is 32.9 Å². The zero-order valence-corrected chi connectivity index (χ0v) is 23.8. The van der Waals surface area contributed by atoms with E-state index in [1.807, 2.05) is 0 Å². The summed E-state index contributed by atoms with van der Waals surface area (Å²) in [5, 5.41) is 10.7. The first-order valence-electron chi connectivity index (χ1n) is 14.7. The molecule has 0 aromatic carbocycles. The molecule has 5 rings (SSSR count). The average molecular weight is 499 g/mol. The van der Waals surface area contributed by atoms with E-state index in [0.717, 1.165) is 32.1 Å². The minimum absolute atomic E-state index is 0.0813. The van der Waals surface area contributed by atoms with E-state index in [4.69, 9.17) is 4.74 Å². The van der Waals surface area contributed by atoms with Crippen LogP contribution in [-0.4, -0.2) is 30.1 Å². The molecule has 36 heavy (non-hydrogen) atoms. The van der Waals surface area contributed by atoms with Crippen molar-refractivity contribution in [1.29, 1.82) is 0 Å². The molecule has 202 valence electrons. The van der Waals surface area contributed by atoms with E-state index in [2.05, 4.69) is 41.2 Å². The Morgan fingerprint density at radius 1 is 0.944 bits per heavy atom. The van der Waals surface area contributed by atoms with E-state index >= 15 is 0 Å². The van der Waals surface area contributed by atoms with Crippen molar-refractivity contribution >= 4 is 11.8 Å². The van der Waals surface area contributed by atoms with Gasteiger partial charge in [0.25, 0.3) is 0 Å². The number of esters is 1. The van der Waals surface area contributed by atoms with Gasteiger partial charge in [0.1, 0.15) is 12.4 Å². The lowest BCUT2D eigenvalue weighted by Gasteiger charge is -2.72. The predicted octanol–water partition coefficient (Wildman–Crippen LogP) is 6.75. The predicted molar refractivity (Wildman–Crippen MR) is 142 cm³/mol. The van der Waals surface area contributed by atoms with Gasteiger partial charge >= 0.3 is 5.97 Å².